The molecule has 12 heteroatoms. The predicted molar refractivity (Wildman–Crippen MR) is 106 cm³/mol. The van der Waals surface area contributed by atoms with Crippen molar-refractivity contribution in [1.82, 2.24) is 9.78 Å². The lowest BCUT2D eigenvalue weighted by molar-refractivity contribution is -0.137. The quantitative estimate of drug-likeness (QED) is 0.562. The van der Waals surface area contributed by atoms with Crippen molar-refractivity contribution in [3.05, 3.63) is 59.5 Å². The molecule has 1 unspecified atom stereocenters. The highest BCUT2D eigenvalue weighted by Crippen LogP contribution is 2.33. The molecule has 0 aliphatic carbocycles. The number of nitrogens with one attached hydrogen (secondary N) is 3. The second-order valence-corrected chi connectivity index (χ2v) is 7.12. The van der Waals surface area contributed by atoms with Crippen molar-refractivity contribution in [2.75, 3.05) is 16.0 Å². The van der Waals surface area contributed by atoms with Crippen LogP contribution < -0.4 is 16.0 Å². The van der Waals surface area contributed by atoms with E-state index < -0.39 is 29.6 Å². The number of urea groups is 1. The lowest BCUT2D eigenvalue weighted by atomic mass is 9.98. The van der Waals surface area contributed by atoms with Crippen molar-refractivity contribution in [2.24, 2.45) is 5.92 Å². The van der Waals surface area contributed by atoms with Crippen LogP contribution in [0.3, 0.4) is 0 Å². The molecule has 2 aromatic heterocycles. The molecular formula is C20H16F3N5O4. The molecule has 1 aromatic carbocycles. The topological polar surface area (TPSA) is 118 Å². The number of carbonyl (C=O) groups excluding carboxylic acids is 3. The van der Waals surface area contributed by atoms with Gasteiger partial charge in [0.05, 0.1) is 11.8 Å². The fourth-order valence-corrected chi connectivity index (χ4v) is 3.18. The third-order valence-corrected chi connectivity index (χ3v) is 4.81. The molecule has 1 atom stereocenters. The number of anilines is 3. The molecule has 0 spiro atoms. The molecule has 0 bridgehead atoms. The molecule has 3 N–H and O–H groups in total. The fourth-order valence-electron chi connectivity index (χ4n) is 3.18. The molecule has 3 aromatic rings. The molecule has 0 radical (unpaired) electrons. The Bertz CT molecular complexity index is 1180. The highest BCUT2D eigenvalue weighted by Gasteiger charge is 2.33. The van der Waals surface area contributed by atoms with E-state index in [1.165, 1.54) is 18.4 Å². The Morgan fingerprint density at radius 1 is 1.19 bits per heavy atom. The zero-order valence-corrected chi connectivity index (χ0v) is 16.5. The first-order chi connectivity index (χ1) is 15.1. The van der Waals surface area contributed by atoms with Gasteiger partial charge >= 0.3 is 18.1 Å². The zero-order chi connectivity index (χ0) is 23.0. The van der Waals surface area contributed by atoms with Crippen molar-refractivity contribution >= 4 is 35.2 Å². The van der Waals surface area contributed by atoms with Crippen LogP contribution in [0.15, 0.2) is 47.1 Å². The maximum absolute atomic E-state index is 12.7. The fraction of sp³-hybridized carbons (Fsp3) is 0.200. The lowest BCUT2D eigenvalue weighted by Gasteiger charge is -2.19. The third kappa shape index (κ3) is 4.06. The van der Waals surface area contributed by atoms with Gasteiger partial charge in [-0.25, -0.2) is 4.79 Å². The van der Waals surface area contributed by atoms with Crippen LogP contribution >= 0.6 is 0 Å². The number of rotatable bonds is 3. The summed E-state index contributed by atoms with van der Waals surface area (Å²) in [5.41, 5.74) is -0.297. The standard InChI is InChI=1S/C20H16F3N5O4/c1-10-9-13-15(25-19(31)24-12-6-4-11(5-7-12)20(21,22)23)27-28(16(13)26-17(10)29)18(30)14-3-2-8-32-14/h2-8,10H,9H2,1H3,(H,26,29)(H2,24,25,27,31). The van der Waals surface area contributed by atoms with Gasteiger partial charge in [-0.15, -0.1) is 5.10 Å². The van der Waals surface area contributed by atoms with Gasteiger partial charge in [0.1, 0.15) is 5.82 Å². The van der Waals surface area contributed by atoms with Gasteiger partial charge < -0.3 is 15.1 Å². The number of hydrogen-bond acceptors (Lipinski definition) is 5. The van der Waals surface area contributed by atoms with Crippen LogP contribution in [0.1, 0.15) is 28.6 Å². The van der Waals surface area contributed by atoms with Crippen molar-refractivity contribution in [3.63, 3.8) is 0 Å². The molecule has 166 valence electrons. The molecule has 3 amide bonds. The summed E-state index contributed by atoms with van der Waals surface area (Å²) in [6.45, 7) is 1.68. The highest BCUT2D eigenvalue weighted by atomic mass is 19.4. The first-order valence-corrected chi connectivity index (χ1v) is 9.39. The van der Waals surface area contributed by atoms with Gasteiger partial charge in [-0.1, -0.05) is 6.92 Å². The monoisotopic (exact) mass is 447 g/mol. The van der Waals surface area contributed by atoms with E-state index in [0.717, 1.165) is 28.9 Å². The Hall–Kier alpha value is -4.09. The molecule has 1 aliphatic heterocycles. The number of amides is 3. The molecule has 1 aliphatic rings. The van der Waals surface area contributed by atoms with E-state index in [2.05, 4.69) is 21.0 Å². The van der Waals surface area contributed by atoms with Crippen molar-refractivity contribution < 1.29 is 32.0 Å². The van der Waals surface area contributed by atoms with Gasteiger partial charge in [0.15, 0.2) is 11.6 Å². The minimum absolute atomic E-state index is 0.0241. The average molecular weight is 447 g/mol. The summed E-state index contributed by atoms with van der Waals surface area (Å²) >= 11 is 0. The normalized spacial score (nSPS) is 15.6. The van der Waals surface area contributed by atoms with Crippen LogP contribution in [0.25, 0.3) is 0 Å². The molecule has 4 rings (SSSR count). The SMILES string of the molecule is CC1Cc2c(NC(=O)Nc3ccc(C(F)(F)F)cc3)nn(C(=O)c3ccco3)c2NC1=O. The maximum atomic E-state index is 12.7. The van der Waals surface area contributed by atoms with Crippen molar-refractivity contribution in [1.29, 1.82) is 0 Å². The van der Waals surface area contributed by atoms with E-state index >= 15 is 0 Å². The summed E-state index contributed by atoms with van der Waals surface area (Å²) in [4.78, 5) is 37.2. The van der Waals surface area contributed by atoms with Gasteiger partial charge in [0, 0.05) is 17.2 Å². The molecule has 0 fully saturated rings. The Kier molecular flexibility index (Phi) is 5.20. The minimum Gasteiger partial charge on any atom is -0.459 e. The number of furan rings is 1. The second kappa shape index (κ2) is 7.87. The van der Waals surface area contributed by atoms with Crippen LogP contribution in [0.5, 0.6) is 0 Å². The number of benzene rings is 1. The third-order valence-electron chi connectivity index (χ3n) is 4.81. The Morgan fingerprint density at radius 2 is 1.91 bits per heavy atom. The summed E-state index contributed by atoms with van der Waals surface area (Å²) in [6, 6.07) is 6.05. The number of halogens is 3. The van der Waals surface area contributed by atoms with Crippen molar-refractivity contribution in [3.8, 4) is 0 Å². The first kappa shape index (κ1) is 21.2. The van der Waals surface area contributed by atoms with Crippen LogP contribution in [0.2, 0.25) is 0 Å². The van der Waals surface area contributed by atoms with E-state index in [9.17, 15) is 27.6 Å². The summed E-state index contributed by atoms with van der Waals surface area (Å²) in [5.74, 6) is -1.29. The van der Waals surface area contributed by atoms with Gasteiger partial charge in [-0.3, -0.25) is 14.9 Å². The largest absolute Gasteiger partial charge is 0.459 e. The summed E-state index contributed by atoms with van der Waals surface area (Å²) in [7, 11) is 0. The van der Waals surface area contributed by atoms with Gasteiger partial charge in [0.25, 0.3) is 0 Å². The number of nitrogens with zero attached hydrogens (tertiary/aromatic N) is 2. The van der Waals surface area contributed by atoms with Crippen LogP contribution in [0, 0.1) is 5.92 Å². The van der Waals surface area contributed by atoms with Crippen molar-refractivity contribution in [2.45, 2.75) is 19.5 Å². The zero-order valence-electron chi connectivity index (χ0n) is 16.5. The molecule has 3 heterocycles. The number of carbonyl (C=O) groups is 3. The van der Waals surface area contributed by atoms with E-state index in [1.807, 2.05) is 0 Å². The van der Waals surface area contributed by atoms with Gasteiger partial charge in [-0.2, -0.15) is 17.9 Å². The number of alkyl halides is 3. The first-order valence-electron chi connectivity index (χ1n) is 9.39. The predicted octanol–water partition coefficient (Wildman–Crippen LogP) is 3.96. The lowest BCUT2D eigenvalue weighted by Crippen LogP contribution is -2.30. The second-order valence-electron chi connectivity index (χ2n) is 7.12. The maximum Gasteiger partial charge on any atom is 0.416 e. The molecular weight excluding hydrogens is 431 g/mol. The number of aromatic nitrogens is 2. The van der Waals surface area contributed by atoms with E-state index in [1.54, 1.807) is 6.92 Å². The molecule has 9 nitrogen and oxygen atoms in total. The minimum atomic E-state index is -4.49. The summed E-state index contributed by atoms with van der Waals surface area (Å²) in [5, 5.41) is 11.6. The Labute approximate surface area is 178 Å². The van der Waals surface area contributed by atoms with Gasteiger partial charge in [-0.05, 0) is 42.8 Å². The average Bonchev–Trinajstić information content (AvgIpc) is 3.37. The van der Waals surface area contributed by atoms with Crippen LogP contribution in [-0.2, 0) is 17.4 Å². The van der Waals surface area contributed by atoms with Crippen LogP contribution in [0.4, 0.5) is 35.3 Å². The summed E-state index contributed by atoms with van der Waals surface area (Å²) < 4.78 is 44.1. The molecule has 0 saturated carbocycles. The van der Waals surface area contributed by atoms with E-state index in [-0.39, 0.29) is 35.4 Å². The molecule has 0 saturated heterocycles. The smallest absolute Gasteiger partial charge is 0.416 e. The molecule has 32 heavy (non-hydrogen) atoms. The van der Waals surface area contributed by atoms with Gasteiger partial charge in [0.2, 0.25) is 5.91 Å². The number of hydrogen-bond donors (Lipinski definition) is 3. The van der Waals surface area contributed by atoms with Crippen LogP contribution in [-0.4, -0.2) is 27.6 Å². The number of fused-ring (bicyclic) bond motifs is 1. The highest BCUT2D eigenvalue weighted by molar-refractivity contribution is 6.04. The summed E-state index contributed by atoms with van der Waals surface area (Å²) in [6.07, 6.45) is -2.97. The van der Waals surface area contributed by atoms with E-state index in [4.69, 9.17) is 4.42 Å². The van der Waals surface area contributed by atoms with E-state index in [0.29, 0.717) is 5.56 Å². The Morgan fingerprint density at radius 3 is 2.53 bits per heavy atom. The Balaban J connectivity index is 1.58.